The fourth-order valence-corrected chi connectivity index (χ4v) is 4.66. The first kappa shape index (κ1) is 15.3. The van der Waals surface area contributed by atoms with E-state index in [0.717, 1.165) is 48.7 Å². The predicted molar refractivity (Wildman–Crippen MR) is 98.9 cm³/mol. The molecular formula is C18H21ClN6. The second-order valence-electron chi connectivity index (χ2n) is 7.22. The molecular weight excluding hydrogens is 336 g/mol. The second-order valence-corrected chi connectivity index (χ2v) is 7.63. The van der Waals surface area contributed by atoms with Gasteiger partial charge in [-0.2, -0.15) is 0 Å². The zero-order valence-corrected chi connectivity index (χ0v) is 15.0. The fourth-order valence-electron chi connectivity index (χ4n) is 4.41. The second kappa shape index (κ2) is 5.54. The Morgan fingerprint density at radius 1 is 1.32 bits per heavy atom. The van der Waals surface area contributed by atoms with Crippen LogP contribution in [0.3, 0.4) is 0 Å². The van der Waals surface area contributed by atoms with Gasteiger partial charge in [0.2, 0.25) is 0 Å². The summed E-state index contributed by atoms with van der Waals surface area (Å²) >= 11 is 6.64. The molecule has 1 saturated carbocycles. The molecule has 2 fully saturated rings. The molecule has 0 radical (unpaired) electrons. The smallest absolute Gasteiger partial charge is 0.111 e. The van der Waals surface area contributed by atoms with Gasteiger partial charge in [0.15, 0.2) is 0 Å². The molecule has 3 heterocycles. The third kappa shape index (κ3) is 2.17. The molecule has 25 heavy (non-hydrogen) atoms. The Morgan fingerprint density at radius 3 is 2.88 bits per heavy atom. The molecule has 1 atom stereocenters. The average Bonchev–Trinajstić information content (AvgIpc) is 3.30. The van der Waals surface area contributed by atoms with E-state index in [9.17, 15) is 0 Å². The lowest BCUT2D eigenvalue weighted by Crippen LogP contribution is -2.41. The summed E-state index contributed by atoms with van der Waals surface area (Å²) in [5, 5.41) is 16.3. The number of benzene rings is 1. The van der Waals surface area contributed by atoms with Gasteiger partial charge < -0.3 is 10.6 Å². The lowest BCUT2D eigenvalue weighted by atomic mass is 9.65. The molecule has 3 aliphatic rings. The first-order valence-corrected chi connectivity index (χ1v) is 9.33. The minimum atomic E-state index is 0.0492. The number of rotatable bonds is 2. The van der Waals surface area contributed by atoms with Gasteiger partial charge >= 0.3 is 0 Å². The molecule has 1 aromatic heterocycles. The number of aliphatic imine (C=N–C) groups is 1. The van der Waals surface area contributed by atoms with Crippen molar-refractivity contribution in [3.63, 3.8) is 0 Å². The topological polar surface area (TPSA) is 67.1 Å². The van der Waals surface area contributed by atoms with Gasteiger partial charge in [-0.05, 0) is 49.9 Å². The van der Waals surface area contributed by atoms with Crippen molar-refractivity contribution in [3.8, 4) is 5.69 Å². The van der Waals surface area contributed by atoms with E-state index in [1.165, 1.54) is 18.4 Å². The van der Waals surface area contributed by atoms with E-state index >= 15 is 0 Å². The summed E-state index contributed by atoms with van der Waals surface area (Å²) in [6.45, 7) is 1.04. The predicted octanol–water partition coefficient (Wildman–Crippen LogP) is 3.22. The third-order valence-electron chi connectivity index (χ3n) is 5.91. The van der Waals surface area contributed by atoms with Crippen molar-refractivity contribution in [1.82, 2.24) is 20.3 Å². The van der Waals surface area contributed by atoms with Gasteiger partial charge in [0.25, 0.3) is 0 Å². The Bertz CT molecular complexity index is 860. The Labute approximate surface area is 151 Å². The quantitative estimate of drug-likeness (QED) is 0.867. The fraction of sp³-hybridized carbons (Fsp3) is 0.500. The van der Waals surface area contributed by atoms with Crippen molar-refractivity contribution < 1.29 is 0 Å². The van der Waals surface area contributed by atoms with Crippen molar-refractivity contribution in [2.45, 2.75) is 43.6 Å². The number of anilines is 1. The van der Waals surface area contributed by atoms with Crippen LogP contribution in [0, 0.1) is 0 Å². The van der Waals surface area contributed by atoms with E-state index in [1.54, 1.807) is 4.68 Å². The highest BCUT2D eigenvalue weighted by molar-refractivity contribution is 6.33. The average molecular weight is 357 g/mol. The van der Waals surface area contributed by atoms with Crippen LogP contribution in [0.1, 0.15) is 49.4 Å². The summed E-state index contributed by atoms with van der Waals surface area (Å²) in [7, 11) is 1.86. The minimum Gasteiger partial charge on any atom is -0.343 e. The number of aromatic nitrogens is 3. The van der Waals surface area contributed by atoms with Gasteiger partial charge in [0, 0.05) is 12.7 Å². The Morgan fingerprint density at radius 2 is 2.20 bits per heavy atom. The molecule has 0 amide bonds. The molecule has 2 N–H and O–H groups in total. The molecule has 1 spiro atoms. The molecule has 2 aromatic rings. The number of amidine groups is 1. The zero-order valence-electron chi connectivity index (χ0n) is 14.2. The van der Waals surface area contributed by atoms with Gasteiger partial charge in [0.05, 0.1) is 28.4 Å². The largest absolute Gasteiger partial charge is 0.343 e. The lowest BCUT2D eigenvalue weighted by Gasteiger charge is -2.38. The van der Waals surface area contributed by atoms with Gasteiger partial charge in [-0.15, -0.1) is 5.10 Å². The molecule has 1 aliphatic carbocycles. The van der Waals surface area contributed by atoms with Crippen LogP contribution in [0.15, 0.2) is 23.3 Å². The molecule has 1 saturated heterocycles. The minimum absolute atomic E-state index is 0.0492. The maximum absolute atomic E-state index is 6.64. The molecule has 1 unspecified atom stereocenters. The summed E-state index contributed by atoms with van der Waals surface area (Å²) < 4.78 is 1.79. The van der Waals surface area contributed by atoms with Gasteiger partial charge in [-0.25, -0.2) is 4.68 Å². The van der Waals surface area contributed by atoms with E-state index in [2.05, 4.69) is 38.1 Å². The van der Waals surface area contributed by atoms with Gasteiger partial charge in [0.1, 0.15) is 11.5 Å². The van der Waals surface area contributed by atoms with E-state index in [1.807, 2.05) is 13.2 Å². The van der Waals surface area contributed by atoms with Crippen LogP contribution in [0.25, 0.3) is 5.69 Å². The number of nitrogens with one attached hydrogen (secondary N) is 2. The number of fused-ring (bicyclic) bond motifs is 2. The standard InChI is InChI=1S/C18H21ClN6/c1-20-17-18(5-3-6-18)11-8-12(19)16(9-14(11)22-17)25-10-15(23-24-25)13-4-2-7-21-13/h8-10,13,21H,2-7H2,1H3,(H,20,22). The van der Waals surface area contributed by atoms with Gasteiger partial charge in [-0.1, -0.05) is 23.2 Å². The van der Waals surface area contributed by atoms with Gasteiger partial charge in [-0.3, -0.25) is 4.99 Å². The van der Waals surface area contributed by atoms with Crippen molar-refractivity contribution in [1.29, 1.82) is 0 Å². The van der Waals surface area contributed by atoms with Crippen LogP contribution >= 0.6 is 11.6 Å². The summed E-state index contributed by atoms with van der Waals surface area (Å²) in [4.78, 5) is 4.49. The van der Waals surface area contributed by atoms with Crippen LogP contribution < -0.4 is 10.6 Å². The SMILES string of the molecule is CN=C1Nc2cc(-n3cc(C4CCCN4)nn3)c(Cl)cc2C12CCC2. The van der Waals surface area contributed by atoms with E-state index in [4.69, 9.17) is 11.6 Å². The normalized spacial score (nSPS) is 25.2. The Kier molecular flexibility index (Phi) is 3.40. The molecule has 7 heteroatoms. The Hall–Kier alpha value is -1.92. The number of hydrogen-bond donors (Lipinski definition) is 2. The van der Waals surface area contributed by atoms with Crippen molar-refractivity contribution >= 4 is 23.1 Å². The Balaban J connectivity index is 1.54. The maximum Gasteiger partial charge on any atom is 0.111 e. The third-order valence-corrected chi connectivity index (χ3v) is 6.22. The number of nitrogens with zero attached hydrogens (tertiary/aromatic N) is 4. The van der Waals surface area contributed by atoms with Crippen LogP contribution in [0.2, 0.25) is 5.02 Å². The van der Waals surface area contributed by atoms with Crippen LogP contribution in [-0.2, 0) is 5.41 Å². The molecule has 0 bridgehead atoms. The van der Waals surface area contributed by atoms with E-state index in [0.29, 0.717) is 11.1 Å². The summed E-state index contributed by atoms with van der Waals surface area (Å²) in [6.07, 6.45) is 7.78. The van der Waals surface area contributed by atoms with E-state index < -0.39 is 0 Å². The maximum atomic E-state index is 6.64. The van der Waals surface area contributed by atoms with Crippen LogP contribution in [0.4, 0.5) is 5.69 Å². The van der Waals surface area contributed by atoms with Crippen molar-refractivity contribution in [2.24, 2.45) is 4.99 Å². The summed E-state index contributed by atoms with van der Waals surface area (Å²) in [5.74, 6) is 1.07. The highest BCUT2D eigenvalue weighted by Gasteiger charge is 2.49. The lowest BCUT2D eigenvalue weighted by molar-refractivity contribution is 0.347. The number of halogens is 1. The first-order valence-electron chi connectivity index (χ1n) is 8.95. The highest BCUT2D eigenvalue weighted by Crippen LogP contribution is 2.52. The zero-order chi connectivity index (χ0) is 17.0. The monoisotopic (exact) mass is 356 g/mol. The van der Waals surface area contributed by atoms with Crippen LogP contribution in [-0.4, -0.2) is 34.4 Å². The molecule has 130 valence electrons. The molecule has 6 nitrogen and oxygen atoms in total. The summed E-state index contributed by atoms with van der Waals surface area (Å²) in [5.41, 5.74) is 4.25. The molecule has 2 aliphatic heterocycles. The molecule has 5 rings (SSSR count). The van der Waals surface area contributed by atoms with E-state index in [-0.39, 0.29) is 5.41 Å². The highest BCUT2D eigenvalue weighted by atomic mass is 35.5. The first-order chi connectivity index (χ1) is 12.2. The van der Waals surface area contributed by atoms with Crippen molar-refractivity contribution in [2.75, 3.05) is 18.9 Å². The van der Waals surface area contributed by atoms with Crippen LogP contribution in [0.5, 0.6) is 0 Å². The van der Waals surface area contributed by atoms with Crippen molar-refractivity contribution in [3.05, 3.63) is 34.6 Å². The summed E-state index contributed by atoms with van der Waals surface area (Å²) in [6, 6.07) is 4.47. The molecule has 1 aromatic carbocycles. The number of hydrogen-bond acceptors (Lipinski definition) is 4.